The number of primary amides is 1. The number of nitrogens with two attached hydrogens (primary N) is 1. The summed E-state index contributed by atoms with van der Waals surface area (Å²) in [6.45, 7) is 2.88. The number of Topliss-reactive ketones (excluding diaryl/α,β-unsaturated/α-hetero) is 1. The van der Waals surface area contributed by atoms with Crippen LogP contribution in [-0.2, 0) is 19.2 Å². The number of carbonyl (C=O) groups excluding carboxylic acids is 4. The van der Waals surface area contributed by atoms with Crippen LogP contribution in [-0.4, -0.2) is 47.6 Å². The lowest BCUT2D eigenvalue weighted by molar-refractivity contribution is -0.128. The molecule has 0 bridgehead atoms. The molecule has 2 unspecified atom stereocenters. The van der Waals surface area contributed by atoms with Crippen LogP contribution < -0.4 is 16.4 Å². The second-order valence-electron chi connectivity index (χ2n) is 3.69. The summed E-state index contributed by atoms with van der Waals surface area (Å²) in [6, 6.07) is -1.61. The highest BCUT2D eigenvalue weighted by Crippen LogP contribution is 2.03. The minimum Gasteiger partial charge on any atom is -0.368 e. The minimum atomic E-state index is -0.814. The Kier molecular flexibility index (Phi) is 7.77. The molecule has 0 saturated carbocycles. The summed E-state index contributed by atoms with van der Waals surface area (Å²) in [5.41, 5.74) is 5.00. The van der Waals surface area contributed by atoms with Crippen molar-refractivity contribution in [3.8, 4) is 0 Å². The first-order valence-corrected chi connectivity index (χ1v) is 6.40. The zero-order valence-electron chi connectivity index (χ0n) is 10.3. The molecule has 8 heteroatoms. The van der Waals surface area contributed by atoms with Gasteiger partial charge in [0.15, 0.2) is 0 Å². The van der Waals surface area contributed by atoms with Gasteiger partial charge in [0.05, 0.1) is 5.75 Å². The smallest absolute Gasteiger partial charge is 0.244 e. The highest BCUT2D eigenvalue weighted by atomic mass is 32.2. The van der Waals surface area contributed by atoms with Crippen LogP contribution in [0.25, 0.3) is 0 Å². The number of carbonyl (C=O) groups is 4. The quantitative estimate of drug-likeness (QED) is 0.439. The largest absolute Gasteiger partial charge is 0.368 e. The first-order chi connectivity index (χ1) is 8.38. The van der Waals surface area contributed by atoms with E-state index in [1.165, 1.54) is 25.6 Å². The number of nitrogens with one attached hydrogen (secondary N) is 2. The van der Waals surface area contributed by atoms with E-state index in [0.717, 1.165) is 0 Å². The fourth-order valence-electron chi connectivity index (χ4n) is 0.987. The van der Waals surface area contributed by atoms with E-state index in [0.29, 0.717) is 6.41 Å². The number of amides is 3. The van der Waals surface area contributed by atoms with E-state index in [2.05, 4.69) is 10.6 Å². The zero-order valence-corrected chi connectivity index (χ0v) is 11.1. The van der Waals surface area contributed by atoms with E-state index in [-0.39, 0.29) is 17.3 Å². The van der Waals surface area contributed by atoms with Crippen LogP contribution in [0.3, 0.4) is 0 Å². The predicted molar refractivity (Wildman–Crippen MR) is 67.8 cm³/mol. The van der Waals surface area contributed by atoms with Crippen LogP contribution in [0.15, 0.2) is 0 Å². The Morgan fingerprint density at radius 1 is 1.39 bits per heavy atom. The lowest BCUT2D eigenvalue weighted by Crippen LogP contribution is -2.51. The summed E-state index contributed by atoms with van der Waals surface area (Å²) in [5.74, 6) is -0.685. The lowest BCUT2D eigenvalue weighted by atomic mass is 10.2. The fraction of sp³-hybridized carbons (Fsp3) is 0.600. The Labute approximate surface area is 109 Å². The second-order valence-corrected chi connectivity index (χ2v) is 4.72. The van der Waals surface area contributed by atoms with E-state index >= 15 is 0 Å². The third-order valence-electron chi connectivity index (χ3n) is 1.96. The molecule has 7 nitrogen and oxygen atoms in total. The summed E-state index contributed by atoms with van der Waals surface area (Å²) in [4.78, 5) is 43.6. The maximum absolute atomic E-state index is 11.7. The van der Waals surface area contributed by atoms with Crippen molar-refractivity contribution in [3.05, 3.63) is 0 Å². The number of hydrogen-bond donors (Lipinski definition) is 3. The second kappa shape index (κ2) is 8.51. The molecule has 18 heavy (non-hydrogen) atoms. The van der Waals surface area contributed by atoms with E-state index in [1.807, 2.05) is 0 Å². The molecular formula is C10H17N3O4S. The van der Waals surface area contributed by atoms with Crippen molar-refractivity contribution in [1.29, 1.82) is 0 Å². The first kappa shape index (κ1) is 16.4. The van der Waals surface area contributed by atoms with Crippen molar-refractivity contribution >= 4 is 35.8 Å². The standard InChI is InChI=1S/C10H17N3O4S/c1-6(15)3-18-4-8(12-5-14)10(17)13-7(2)9(11)16/h5,7-8H,3-4H2,1-2H3,(H2,11,16)(H,12,14)(H,13,17). The summed E-state index contributed by atoms with van der Waals surface area (Å²) in [6.07, 6.45) is 0.396. The number of ketones is 1. The molecule has 2 atom stereocenters. The molecular weight excluding hydrogens is 258 g/mol. The predicted octanol–water partition coefficient (Wildman–Crippen LogP) is -1.59. The van der Waals surface area contributed by atoms with Crippen LogP contribution >= 0.6 is 11.8 Å². The fourth-order valence-corrected chi connectivity index (χ4v) is 1.88. The lowest BCUT2D eigenvalue weighted by Gasteiger charge is -2.17. The van der Waals surface area contributed by atoms with Gasteiger partial charge < -0.3 is 16.4 Å². The van der Waals surface area contributed by atoms with Gasteiger partial charge in [0.1, 0.15) is 17.9 Å². The first-order valence-electron chi connectivity index (χ1n) is 5.25. The van der Waals surface area contributed by atoms with Gasteiger partial charge in [-0.05, 0) is 13.8 Å². The molecule has 102 valence electrons. The van der Waals surface area contributed by atoms with Crippen molar-refractivity contribution in [3.63, 3.8) is 0 Å². The van der Waals surface area contributed by atoms with Crippen LogP contribution in [0.4, 0.5) is 0 Å². The summed E-state index contributed by atoms with van der Waals surface area (Å²) in [5, 5.41) is 4.69. The van der Waals surface area contributed by atoms with Gasteiger partial charge in [0, 0.05) is 5.75 Å². The van der Waals surface area contributed by atoms with Crippen molar-refractivity contribution in [2.24, 2.45) is 5.73 Å². The molecule has 0 aliphatic heterocycles. The minimum absolute atomic E-state index is 0.0178. The van der Waals surface area contributed by atoms with E-state index in [1.54, 1.807) is 0 Å². The van der Waals surface area contributed by atoms with E-state index in [9.17, 15) is 19.2 Å². The van der Waals surface area contributed by atoms with Crippen LogP contribution in [0.1, 0.15) is 13.8 Å². The SMILES string of the molecule is CC(=O)CSCC(NC=O)C(=O)NC(C)C(N)=O. The third kappa shape index (κ3) is 6.89. The summed E-state index contributed by atoms with van der Waals surface area (Å²) >= 11 is 1.23. The van der Waals surface area contributed by atoms with Gasteiger partial charge in [-0.3, -0.25) is 19.2 Å². The normalized spacial score (nSPS) is 13.2. The van der Waals surface area contributed by atoms with Crippen molar-refractivity contribution in [1.82, 2.24) is 10.6 Å². The van der Waals surface area contributed by atoms with Gasteiger partial charge in [-0.2, -0.15) is 11.8 Å². The summed E-state index contributed by atoms with van der Waals surface area (Å²) < 4.78 is 0. The van der Waals surface area contributed by atoms with Crippen molar-refractivity contribution in [2.45, 2.75) is 25.9 Å². The molecule has 3 amide bonds. The van der Waals surface area contributed by atoms with E-state index < -0.39 is 23.9 Å². The Bertz CT molecular complexity index is 335. The van der Waals surface area contributed by atoms with Crippen LogP contribution in [0.5, 0.6) is 0 Å². The van der Waals surface area contributed by atoms with Gasteiger partial charge in [-0.1, -0.05) is 0 Å². The van der Waals surface area contributed by atoms with E-state index in [4.69, 9.17) is 5.73 Å². The Balaban J connectivity index is 4.30. The highest BCUT2D eigenvalue weighted by Gasteiger charge is 2.21. The third-order valence-corrected chi connectivity index (χ3v) is 3.14. The molecule has 0 aliphatic rings. The molecule has 0 rings (SSSR count). The molecule has 0 radical (unpaired) electrons. The van der Waals surface area contributed by atoms with Crippen molar-refractivity contribution in [2.75, 3.05) is 11.5 Å². The molecule has 0 heterocycles. The van der Waals surface area contributed by atoms with Gasteiger partial charge in [-0.25, -0.2) is 0 Å². The molecule has 0 aromatic carbocycles. The maximum atomic E-state index is 11.7. The number of hydrogen-bond acceptors (Lipinski definition) is 5. The van der Waals surface area contributed by atoms with Gasteiger partial charge in [-0.15, -0.1) is 0 Å². The van der Waals surface area contributed by atoms with Gasteiger partial charge in [0.2, 0.25) is 18.2 Å². The van der Waals surface area contributed by atoms with Gasteiger partial charge >= 0.3 is 0 Å². The maximum Gasteiger partial charge on any atom is 0.244 e. The monoisotopic (exact) mass is 275 g/mol. The average molecular weight is 275 g/mol. The molecule has 4 N–H and O–H groups in total. The zero-order chi connectivity index (χ0) is 14.1. The van der Waals surface area contributed by atoms with Gasteiger partial charge in [0.25, 0.3) is 0 Å². The highest BCUT2D eigenvalue weighted by molar-refractivity contribution is 8.00. The number of thioether (sulfide) groups is 1. The van der Waals surface area contributed by atoms with Crippen molar-refractivity contribution < 1.29 is 19.2 Å². The van der Waals surface area contributed by atoms with Crippen LogP contribution in [0, 0.1) is 0 Å². The molecule has 0 aliphatic carbocycles. The molecule has 0 saturated heterocycles. The topological polar surface area (TPSA) is 118 Å². The molecule has 0 fully saturated rings. The Morgan fingerprint density at radius 3 is 2.44 bits per heavy atom. The Hall–Kier alpha value is -1.57. The molecule has 0 aromatic rings. The number of rotatable bonds is 9. The average Bonchev–Trinajstić information content (AvgIpc) is 2.27. The summed E-state index contributed by atoms with van der Waals surface area (Å²) in [7, 11) is 0. The Morgan fingerprint density at radius 2 is 2.00 bits per heavy atom. The molecule has 0 aromatic heterocycles. The molecule has 0 spiro atoms. The van der Waals surface area contributed by atoms with Crippen LogP contribution in [0.2, 0.25) is 0 Å².